The van der Waals surface area contributed by atoms with Gasteiger partial charge in [0.1, 0.15) is 5.69 Å². The van der Waals surface area contributed by atoms with Crippen LogP contribution in [-0.2, 0) is 21.1 Å². The number of amides is 1. The van der Waals surface area contributed by atoms with Crippen molar-refractivity contribution in [2.24, 2.45) is 26.9 Å². The first-order valence-electron chi connectivity index (χ1n) is 6.72. The Morgan fingerprint density at radius 1 is 1.13 bits per heavy atom. The molecule has 3 aromatic heterocycles. The lowest BCUT2D eigenvalue weighted by Gasteiger charge is -2.05. The molecule has 23 heavy (non-hydrogen) atoms. The number of aryl methyl sites for hydroxylation is 2. The summed E-state index contributed by atoms with van der Waals surface area (Å²) >= 11 is 0. The van der Waals surface area contributed by atoms with Crippen molar-refractivity contribution in [2.75, 3.05) is 0 Å². The minimum absolute atomic E-state index is 0.188. The Labute approximate surface area is 129 Å². The Morgan fingerprint density at radius 2 is 1.83 bits per heavy atom. The topological polar surface area (TPSA) is 118 Å². The van der Waals surface area contributed by atoms with Crippen LogP contribution < -0.4 is 17.0 Å². The Morgan fingerprint density at radius 3 is 2.48 bits per heavy atom. The van der Waals surface area contributed by atoms with Crippen LogP contribution in [0.25, 0.3) is 22.7 Å². The zero-order chi connectivity index (χ0) is 16.9. The van der Waals surface area contributed by atoms with Crippen LogP contribution >= 0.6 is 0 Å². The minimum atomic E-state index is -0.651. The van der Waals surface area contributed by atoms with Crippen LogP contribution in [0.1, 0.15) is 10.4 Å². The average Bonchev–Trinajstić information content (AvgIpc) is 2.88. The molecule has 9 nitrogen and oxygen atoms in total. The predicted molar refractivity (Wildman–Crippen MR) is 82.9 cm³/mol. The number of pyridine rings is 1. The Bertz CT molecular complexity index is 1070. The van der Waals surface area contributed by atoms with E-state index in [1.165, 1.54) is 35.5 Å². The number of aromatic nitrogens is 5. The van der Waals surface area contributed by atoms with Crippen molar-refractivity contribution in [3.05, 3.63) is 44.7 Å². The van der Waals surface area contributed by atoms with E-state index in [-0.39, 0.29) is 28.2 Å². The van der Waals surface area contributed by atoms with E-state index in [0.29, 0.717) is 0 Å². The maximum atomic E-state index is 12.4. The van der Waals surface area contributed by atoms with Gasteiger partial charge in [0.15, 0.2) is 17.0 Å². The average molecular weight is 314 g/mol. The summed E-state index contributed by atoms with van der Waals surface area (Å²) in [4.78, 5) is 44.5. The molecular weight excluding hydrogens is 300 g/mol. The zero-order valence-electron chi connectivity index (χ0n) is 12.8. The summed E-state index contributed by atoms with van der Waals surface area (Å²) in [6.45, 7) is 0. The molecule has 0 saturated heterocycles. The van der Waals surface area contributed by atoms with Gasteiger partial charge in [0.05, 0.1) is 5.56 Å². The maximum Gasteiger partial charge on any atom is 0.332 e. The molecule has 0 aliphatic heterocycles. The summed E-state index contributed by atoms with van der Waals surface area (Å²) in [5.41, 5.74) is 5.32. The summed E-state index contributed by atoms with van der Waals surface area (Å²) in [5.74, 6) is -0.366. The number of fused-ring (bicyclic) bond motifs is 1. The molecule has 0 bridgehead atoms. The van der Waals surface area contributed by atoms with Gasteiger partial charge in [0.25, 0.3) is 11.5 Å². The molecule has 2 N–H and O–H groups in total. The molecule has 0 aliphatic rings. The van der Waals surface area contributed by atoms with Crippen molar-refractivity contribution in [1.29, 1.82) is 0 Å². The van der Waals surface area contributed by atoms with Gasteiger partial charge >= 0.3 is 5.69 Å². The van der Waals surface area contributed by atoms with Gasteiger partial charge in [-0.15, -0.1) is 0 Å². The normalized spacial score (nSPS) is 11.1. The third-order valence-electron chi connectivity index (χ3n) is 3.76. The summed E-state index contributed by atoms with van der Waals surface area (Å²) in [6.07, 6.45) is 1.50. The van der Waals surface area contributed by atoms with Gasteiger partial charge < -0.3 is 10.3 Å². The van der Waals surface area contributed by atoms with E-state index < -0.39 is 17.2 Å². The van der Waals surface area contributed by atoms with Crippen LogP contribution in [0.4, 0.5) is 0 Å². The van der Waals surface area contributed by atoms with Gasteiger partial charge in [-0.2, -0.15) is 0 Å². The van der Waals surface area contributed by atoms with Gasteiger partial charge in [-0.1, -0.05) is 0 Å². The van der Waals surface area contributed by atoms with Crippen LogP contribution in [0.3, 0.4) is 0 Å². The molecular formula is C14H14N6O3. The standard InChI is InChI=1S/C14H14N6O3/c1-18-9-12(19(2)14(23)20(3)13(9)22)17-11(18)8-7(10(15)21)5-4-6-16-8/h4-6H,1-3H3,(H2,15,21). The van der Waals surface area contributed by atoms with Gasteiger partial charge in [-0.3, -0.25) is 23.7 Å². The fraction of sp³-hybridized carbons (Fsp3) is 0.214. The van der Waals surface area contributed by atoms with Gasteiger partial charge in [-0.25, -0.2) is 9.78 Å². The molecule has 0 spiro atoms. The van der Waals surface area contributed by atoms with E-state index in [9.17, 15) is 14.4 Å². The number of hydrogen-bond acceptors (Lipinski definition) is 5. The second-order valence-corrected chi connectivity index (χ2v) is 5.14. The Balaban J connectivity index is 2.48. The Kier molecular flexibility index (Phi) is 3.13. The smallest absolute Gasteiger partial charge is 0.332 e. The highest BCUT2D eigenvalue weighted by Gasteiger charge is 2.21. The number of carbonyl (C=O) groups is 1. The van der Waals surface area contributed by atoms with Crippen LogP contribution in [0.5, 0.6) is 0 Å². The number of nitrogens with two attached hydrogens (primary N) is 1. The van der Waals surface area contributed by atoms with E-state index in [4.69, 9.17) is 5.73 Å². The fourth-order valence-corrected chi connectivity index (χ4v) is 2.51. The van der Waals surface area contributed by atoms with E-state index >= 15 is 0 Å². The summed E-state index contributed by atoms with van der Waals surface area (Å²) in [7, 11) is 4.54. The SMILES string of the molecule is Cn1c(=O)c2c(nc(-c3ncccc3C(N)=O)n2C)n(C)c1=O. The number of hydrogen-bond donors (Lipinski definition) is 1. The highest BCUT2D eigenvalue weighted by molar-refractivity contribution is 5.98. The molecule has 0 unspecified atom stereocenters. The molecule has 1 amide bonds. The third-order valence-corrected chi connectivity index (χ3v) is 3.76. The molecule has 3 heterocycles. The number of primary amides is 1. The molecule has 0 radical (unpaired) electrons. The first kappa shape index (κ1) is 14.7. The molecule has 0 aromatic carbocycles. The third kappa shape index (κ3) is 1.97. The zero-order valence-corrected chi connectivity index (χ0v) is 12.8. The summed E-state index contributed by atoms with van der Waals surface area (Å²) < 4.78 is 3.78. The second kappa shape index (κ2) is 4.90. The lowest BCUT2D eigenvalue weighted by Crippen LogP contribution is -2.37. The molecule has 0 fully saturated rings. The Hall–Kier alpha value is -3.23. The second-order valence-electron chi connectivity index (χ2n) is 5.14. The molecule has 3 aromatic rings. The van der Waals surface area contributed by atoms with Crippen LogP contribution in [0.15, 0.2) is 27.9 Å². The predicted octanol–water partition coefficient (Wildman–Crippen LogP) is -0.868. The lowest BCUT2D eigenvalue weighted by molar-refractivity contribution is 0.100. The van der Waals surface area contributed by atoms with Crippen LogP contribution in [0.2, 0.25) is 0 Å². The molecule has 0 atom stereocenters. The van der Waals surface area contributed by atoms with Gasteiger partial charge in [0, 0.05) is 27.3 Å². The highest BCUT2D eigenvalue weighted by atomic mass is 16.2. The number of carbonyl (C=O) groups excluding carboxylic acids is 1. The minimum Gasteiger partial charge on any atom is -0.366 e. The van der Waals surface area contributed by atoms with Crippen molar-refractivity contribution < 1.29 is 4.79 Å². The van der Waals surface area contributed by atoms with Gasteiger partial charge in [-0.05, 0) is 12.1 Å². The summed E-state index contributed by atoms with van der Waals surface area (Å²) in [5, 5.41) is 0. The van der Waals surface area contributed by atoms with E-state index in [1.54, 1.807) is 13.1 Å². The maximum absolute atomic E-state index is 12.4. The largest absolute Gasteiger partial charge is 0.366 e. The number of rotatable bonds is 2. The molecule has 118 valence electrons. The van der Waals surface area contributed by atoms with Crippen LogP contribution in [-0.4, -0.2) is 29.6 Å². The van der Waals surface area contributed by atoms with E-state index in [0.717, 1.165) is 4.57 Å². The monoisotopic (exact) mass is 314 g/mol. The van der Waals surface area contributed by atoms with Gasteiger partial charge in [0.2, 0.25) is 0 Å². The number of nitrogens with zero attached hydrogens (tertiary/aromatic N) is 5. The first-order chi connectivity index (χ1) is 10.8. The molecule has 9 heteroatoms. The van der Waals surface area contributed by atoms with Crippen molar-refractivity contribution >= 4 is 17.1 Å². The fourth-order valence-electron chi connectivity index (χ4n) is 2.51. The van der Waals surface area contributed by atoms with E-state index in [1.807, 2.05) is 0 Å². The highest BCUT2D eigenvalue weighted by Crippen LogP contribution is 2.22. The van der Waals surface area contributed by atoms with Crippen molar-refractivity contribution in [1.82, 2.24) is 23.7 Å². The quantitative estimate of drug-likeness (QED) is 0.660. The summed E-state index contributed by atoms with van der Waals surface area (Å²) in [6, 6.07) is 3.11. The van der Waals surface area contributed by atoms with E-state index in [2.05, 4.69) is 9.97 Å². The lowest BCUT2D eigenvalue weighted by atomic mass is 10.2. The molecule has 0 aliphatic carbocycles. The van der Waals surface area contributed by atoms with Crippen molar-refractivity contribution in [3.63, 3.8) is 0 Å². The van der Waals surface area contributed by atoms with Crippen molar-refractivity contribution in [3.8, 4) is 11.5 Å². The number of imidazole rings is 1. The molecule has 3 rings (SSSR count). The molecule has 0 saturated carbocycles. The first-order valence-corrected chi connectivity index (χ1v) is 6.72. The van der Waals surface area contributed by atoms with Crippen molar-refractivity contribution in [2.45, 2.75) is 0 Å². The van der Waals surface area contributed by atoms with Crippen LogP contribution in [0, 0.1) is 0 Å².